The monoisotopic (exact) mass is 297 g/mol. The van der Waals surface area contributed by atoms with Crippen molar-refractivity contribution in [1.82, 2.24) is 0 Å². The summed E-state index contributed by atoms with van der Waals surface area (Å²) in [6.07, 6.45) is -5.25. The molecule has 0 spiro atoms. The van der Waals surface area contributed by atoms with E-state index >= 15 is 0 Å². The number of nitrogens with one attached hydrogen (secondary N) is 1. The maximum atomic E-state index is 12.6. The Kier molecular flexibility index (Phi) is 5.90. The van der Waals surface area contributed by atoms with Gasteiger partial charge < -0.3 is 15.2 Å². The maximum Gasteiger partial charge on any atom is 0.416 e. The van der Waals surface area contributed by atoms with Gasteiger partial charge in [0.05, 0.1) is 18.3 Å². The van der Waals surface area contributed by atoms with Gasteiger partial charge in [-0.15, -0.1) is 0 Å². The summed E-state index contributed by atoms with van der Waals surface area (Å²) >= 11 is 5.63. The zero-order valence-electron chi connectivity index (χ0n) is 10.3. The van der Waals surface area contributed by atoms with Crippen molar-refractivity contribution in [3.05, 3.63) is 28.8 Å². The Morgan fingerprint density at radius 2 is 2.05 bits per heavy atom. The summed E-state index contributed by atoms with van der Waals surface area (Å²) in [7, 11) is 0. The molecule has 2 N–H and O–H groups in total. The highest BCUT2D eigenvalue weighted by Crippen LogP contribution is 2.33. The second-order valence-electron chi connectivity index (χ2n) is 3.92. The summed E-state index contributed by atoms with van der Waals surface area (Å²) in [6, 6.07) is 3.16. The molecule has 0 amide bonds. The van der Waals surface area contributed by atoms with Crippen LogP contribution in [0.25, 0.3) is 0 Å². The van der Waals surface area contributed by atoms with Gasteiger partial charge in [0.15, 0.2) is 0 Å². The molecule has 0 bridgehead atoms. The first-order valence-electron chi connectivity index (χ1n) is 5.70. The quantitative estimate of drug-likeness (QED) is 0.847. The minimum atomic E-state index is -4.45. The molecule has 0 aliphatic heterocycles. The van der Waals surface area contributed by atoms with E-state index in [-0.39, 0.29) is 23.9 Å². The molecule has 1 rings (SSSR count). The molecule has 1 aromatic rings. The highest BCUT2D eigenvalue weighted by Gasteiger charge is 2.31. The summed E-state index contributed by atoms with van der Waals surface area (Å²) in [5, 5.41) is 12.2. The second-order valence-corrected chi connectivity index (χ2v) is 4.36. The Labute approximate surface area is 114 Å². The molecule has 19 heavy (non-hydrogen) atoms. The van der Waals surface area contributed by atoms with Gasteiger partial charge in [0.25, 0.3) is 0 Å². The van der Waals surface area contributed by atoms with Crippen LogP contribution in [0.4, 0.5) is 18.9 Å². The SMILES string of the molecule is CCOCC(O)CNc1cc(Cl)cc(C(F)(F)F)c1. The van der Waals surface area contributed by atoms with E-state index in [1.807, 2.05) is 0 Å². The molecular weight excluding hydrogens is 283 g/mol. The van der Waals surface area contributed by atoms with Gasteiger partial charge >= 0.3 is 6.18 Å². The van der Waals surface area contributed by atoms with Gasteiger partial charge in [0.1, 0.15) is 0 Å². The predicted molar refractivity (Wildman–Crippen MR) is 67.4 cm³/mol. The van der Waals surface area contributed by atoms with Crippen molar-refractivity contribution in [2.45, 2.75) is 19.2 Å². The summed E-state index contributed by atoms with van der Waals surface area (Å²) in [5.41, 5.74) is -0.628. The standard InChI is InChI=1S/C12H15ClF3NO2/c1-2-19-7-11(18)6-17-10-4-8(12(14,15)16)3-9(13)5-10/h3-5,11,17-18H,2,6-7H2,1H3. The largest absolute Gasteiger partial charge is 0.416 e. The van der Waals surface area contributed by atoms with Gasteiger partial charge in [-0.1, -0.05) is 11.6 Å². The molecule has 0 aromatic heterocycles. The lowest BCUT2D eigenvalue weighted by Crippen LogP contribution is -2.25. The fourth-order valence-electron chi connectivity index (χ4n) is 1.40. The van der Waals surface area contributed by atoms with E-state index in [1.165, 1.54) is 6.07 Å². The third-order valence-electron chi connectivity index (χ3n) is 2.28. The Morgan fingerprint density at radius 3 is 2.63 bits per heavy atom. The highest BCUT2D eigenvalue weighted by atomic mass is 35.5. The number of anilines is 1. The van der Waals surface area contributed by atoms with Crippen LogP contribution in [-0.4, -0.2) is 31.0 Å². The van der Waals surface area contributed by atoms with E-state index < -0.39 is 17.8 Å². The number of aliphatic hydroxyl groups excluding tert-OH is 1. The van der Waals surface area contributed by atoms with E-state index in [9.17, 15) is 18.3 Å². The fraction of sp³-hybridized carbons (Fsp3) is 0.500. The van der Waals surface area contributed by atoms with Crippen LogP contribution in [0, 0.1) is 0 Å². The predicted octanol–water partition coefficient (Wildman–Crippen LogP) is 3.17. The Balaban J connectivity index is 2.66. The maximum absolute atomic E-state index is 12.6. The number of rotatable bonds is 6. The minimum absolute atomic E-state index is 0.0170. The molecule has 1 atom stereocenters. The molecular formula is C12H15ClF3NO2. The lowest BCUT2D eigenvalue weighted by molar-refractivity contribution is -0.137. The van der Waals surface area contributed by atoms with Crippen molar-refractivity contribution < 1.29 is 23.0 Å². The molecule has 0 radical (unpaired) electrons. The van der Waals surface area contributed by atoms with Crippen LogP contribution in [0.3, 0.4) is 0 Å². The summed E-state index contributed by atoms with van der Waals surface area (Å²) in [5.74, 6) is 0. The Morgan fingerprint density at radius 1 is 1.37 bits per heavy atom. The van der Waals surface area contributed by atoms with Crippen molar-refractivity contribution >= 4 is 17.3 Å². The zero-order chi connectivity index (χ0) is 14.5. The van der Waals surface area contributed by atoms with Gasteiger partial charge in [-0.3, -0.25) is 0 Å². The number of hydrogen-bond donors (Lipinski definition) is 2. The molecule has 1 aromatic carbocycles. The average Bonchev–Trinajstić information content (AvgIpc) is 2.32. The summed E-state index contributed by atoms with van der Waals surface area (Å²) in [4.78, 5) is 0. The highest BCUT2D eigenvalue weighted by molar-refractivity contribution is 6.30. The normalized spacial score (nSPS) is 13.4. The van der Waals surface area contributed by atoms with Crippen molar-refractivity contribution in [2.75, 3.05) is 25.1 Å². The lowest BCUT2D eigenvalue weighted by atomic mass is 10.2. The number of halogens is 4. The van der Waals surface area contributed by atoms with E-state index in [4.69, 9.17) is 16.3 Å². The van der Waals surface area contributed by atoms with Gasteiger partial charge in [0, 0.05) is 23.9 Å². The molecule has 0 aliphatic rings. The number of ether oxygens (including phenoxy) is 1. The van der Waals surface area contributed by atoms with E-state index in [1.54, 1.807) is 6.92 Å². The summed E-state index contributed by atoms with van der Waals surface area (Å²) < 4.78 is 42.7. The Hall–Kier alpha value is -0.980. The van der Waals surface area contributed by atoms with Gasteiger partial charge in [0.2, 0.25) is 0 Å². The molecule has 0 fully saturated rings. The lowest BCUT2D eigenvalue weighted by Gasteiger charge is -2.14. The van der Waals surface area contributed by atoms with E-state index in [0.717, 1.165) is 12.1 Å². The second kappa shape index (κ2) is 6.98. The van der Waals surface area contributed by atoms with Gasteiger partial charge in [-0.05, 0) is 25.1 Å². The molecule has 0 saturated carbocycles. The Bertz CT molecular complexity index is 412. The van der Waals surface area contributed by atoms with E-state index in [0.29, 0.717) is 6.61 Å². The van der Waals surface area contributed by atoms with Crippen LogP contribution >= 0.6 is 11.6 Å². The topological polar surface area (TPSA) is 41.5 Å². The molecule has 0 heterocycles. The van der Waals surface area contributed by atoms with Crippen LogP contribution in [0.5, 0.6) is 0 Å². The molecule has 1 unspecified atom stereocenters. The van der Waals surface area contributed by atoms with Crippen molar-refractivity contribution in [3.63, 3.8) is 0 Å². The number of alkyl halides is 3. The number of aliphatic hydroxyl groups is 1. The first-order chi connectivity index (χ1) is 8.82. The first kappa shape index (κ1) is 16.1. The van der Waals surface area contributed by atoms with Gasteiger partial charge in [-0.2, -0.15) is 13.2 Å². The summed E-state index contributed by atoms with van der Waals surface area (Å²) in [6.45, 7) is 2.45. The van der Waals surface area contributed by atoms with Gasteiger partial charge in [-0.25, -0.2) is 0 Å². The molecule has 3 nitrogen and oxygen atoms in total. The van der Waals surface area contributed by atoms with Crippen LogP contribution in [0.2, 0.25) is 5.02 Å². The van der Waals surface area contributed by atoms with Crippen molar-refractivity contribution in [3.8, 4) is 0 Å². The molecule has 108 valence electrons. The first-order valence-corrected chi connectivity index (χ1v) is 6.08. The minimum Gasteiger partial charge on any atom is -0.389 e. The zero-order valence-corrected chi connectivity index (χ0v) is 11.1. The van der Waals surface area contributed by atoms with Crippen molar-refractivity contribution in [1.29, 1.82) is 0 Å². The average molecular weight is 298 g/mol. The smallest absolute Gasteiger partial charge is 0.389 e. The van der Waals surface area contributed by atoms with Crippen LogP contribution in [0.15, 0.2) is 18.2 Å². The molecule has 0 saturated heterocycles. The van der Waals surface area contributed by atoms with Crippen LogP contribution in [-0.2, 0) is 10.9 Å². The fourth-order valence-corrected chi connectivity index (χ4v) is 1.64. The third-order valence-corrected chi connectivity index (χ3v) is 2.50. The van der Waals surface area contributed by atoms with E-state index in [2.05, 4.69) is 5.32 Å². The molecule has 7 heteroatoms. The van der Waals surface area contributed by atoms with Crippen LogP contribution < -0.4 is 5.32 Å². The molecule has 0 aliphatic carbocycles. The number of hydrogen-bond acceptors (Lipinski definition) is 3. The number of benzene rings is 1. The van der Waals surface area contributed by atoms with Crippen LogP contribution in [0.1, 0.15) is 12.5 Å². The van der Waals surface area contributed by atoms with Crippen molar-refractivity contribution in [2.24, 2.45) is 0 Å². The third kappa shape index (κ3) is 5.67.